The quantitative estimate of drug-likeness (QED) is 0.204. The fourth-order valence-electron chi connectivity index (χ4n) is 5.20. The first-order valence-electron chi connectivity index (χ1n) is 14.3. The minimum absolute atomic E-state index is 0.218. The number of carbonyl (C=O) groups is 2. The summed E-state index contributed by atoms with van der Waals surface area (Å²) in [7, 11) is 0. The van der Waals surface area contributed by atoms with E-state index in [0.717, 1.165) is 39.3 Å². The summed E-state index contributed by atoms with van der Waals surface area (Å²) >= 11 is 6.13. The van der Waals surface area contributed by atoms with Gasteiger partial charge in [0.15, 0.2) is 6.61 Å². The Kier molecular flexibility index (Phi) is 8.07. The van der Waals surface area contributed by atoms with Crippen molar-refractivity contribution >= 4 is 40.2 Å². The molecule has 0 atom stereocenters. The molecule has 0 aliphatic carbocycles. The number of fused-ring (bicyclic) bond motifs is 1. The molecular formula is C35H31ClN4O3. The van der Waals surface area contributed by atoms with E-state index in [2.05, 4.69) is 17.0 Å². The van der Waals surface area contributed by atoms with Crippen LogP contribution in [0.4, 0.5) is 5.69 Å². The maximum Gasteiger partial charge on any atom is 0.338 e. The van der Waals surface area contributed by atoms with Gasteiger partial charge >= 0.3 is 5.97 Å². The molecule has 1 aliphatic heterocycles. The predicted molar refractivity (Wildman–Crippen MR) is 170 cm³/mol. The summed E-state index contributed by atoms with van der Waals surface area (Å²) in [5, 5.41) is 0.681. The number of hydrogen-bond donors (Lipinski definition) is 0. The highest BCUT2D eigenvalue weighted by Gasteiger charge is 2.23. The summed E-state index contributed by atoms with van der Waals surface area (Å²) in [6, 6.07) is 29.1. The lowest BCUT2D eigenvalue weighted by molar-refractivity contribution is -0.134. The summed E-state index contributed by atoms with van der Waals surface area (Å²) < 4.78 is 5.44. The van der Waals surface area contributed by atoms with E-state index in [-0.39, 0.29) is 12.5 Å². The monoisotopic (exact) mass is 590 g/mol. The van der Waals surface area contributed by atoms with Crippen LogP contribution in [0.1, 0.15) is 21.5 Å². The zero-order chi connectivity index (χ0) is 29.9. The van der Waals surface area contributed by atoms with Gasteiger partial charge in [-0.15, -0.1) is 0 Å². The van der Waals surface area contributed by atoms with E-state index in [0.29, 0.717) is 47.8 Å². The zero-order valence-electron chi connectivity index (χ0n) is 24.1. The van der Waals surface area contributed by atoms with E-state index in [1.807, 2.05) is 74.5 Å². The molecule has 0 N–H and O–H groups in total. The van der Waals surface area contributed by atoms with Gasteiger partial charge in [-0.3, -0.25) is 4.79 Å². The van der Waals surface area contributed by atoms with E-state index in [1.165, 1.54) is 0 Å². The Hall–Kier alpha value is -4.75. The van der Waals surface area contributed by atoms with E-state index in [1.54, 1.807) is 23.1 Å². The highest BCUT2D eigenvalue weighted by Crippen LogP contribution is 2.32. The van der Waals surface area contributed by atoms with Gasteiger partial charge in [-0.2, -0.15) is 0 Å². The van der Waals surface area contributed by atoms with Gasteiger partial charge < -0.3 is 14.5 Å². The molecule has 43 heavy (non-hydrogen) atoms. The minimum atomic E-state index is -0.575. The number of aromatic nitrogens is 2. The summed E-state index contributed by atoms with van der Waals surface area (Å²) in [6.07, 6.45) is 0. The van der Waals surface area contributed by atoms with Crippen molar-refractivity contribution in [2.75, 3.05) is 37.7 Å². The zero-order valence-corrected chi connectivity index (χ0v) is 24.8. The molecule has 5 aromatic rings. The Morgan fingerprint density at radius 2 is 1.35 bits per heavy atom. The van der Waals surface area contributed by atoms with Crippen molar-refractivity contribution in [3.63, 3.8) is 0 Å². The molecule has 0 spiro atoms. The standard InChI is InChI=1S/C35H31ClN4O3/c1-23-6-10-25(11-7-23)33-34(26-12-8-24(2)9-13-26)38-31-20-27(14-15-30(31)37-33)35(42)43-22-32(41)40-18-16-39(17-19-40)29-5-3-4-28(36)21-29/h3-15,20-21H,16-19,22H2,1-2H3. The minimum Gasteiger partial charge on any atom is -0.452 e. The molecule has 4 aromatic carbocycles. The summed E-state index contributed by atoms with van der Waals surface area (Å²) in [5.74, 6) is -0.793. The van der Waals surface area contributed by atoms with Gasteiger partial charge in [0.25, 0.3) is 5.91 Å². The van der Waals surface area contributed by atoms with Crippen LogP contribution in [0.3, 0.4) is 0 Å². The van der Waals surface area contributed by atoms with Crippen LogP contribution in [0.5, 0.6) is 0 Å². The van der Waals surface area contributed by atoms with Crippen LogP contribution < -0.4 is 4.90 Å². The molecule has 0 saturated carbocycles. The molecule has 1 fully saturated rings. The number of rotatable bonds is 6. The summed E-state index contributed by atoms with van der Waals surface area (Å²) in [4.78, 5) is 39.7. The first kappa shape index (κ1) is 28.4. The molecule has 1 saturated heterocycles. The molecule has 7 nitrogen and oxygen atoms in total. The van der Waals surface area contributed by atoms with Crippen molar-refractivity contribution < 1.29 is 14.3 Å². The summed E-state index contributed by atoms with van der Waals surface area (Å²) in [5.41, 5.74) is 8.30. The fraction of sp³-hybridized carbons (Fsp3) is 0.200. The topological polar surface area (TPSA) is 75.6 Å². The first-order chi connectivity index (χ1) is 20.8. The molecule has 1 aliphatic rings. The molecule has 1 aromatic heterocycles. The number of nitrogens with zero attached hydrogens (tertiary/aromatic N) is 4. The number of aryl methyl sites for hydroxylation is 2. The number of halogens is 1. The molecule has 8 heteroatoms. The molecule has 1 amide bonds. The van der Waals surface area contributed by atoms with Gasteiger partial charge in [0.2, 0.25) is 0 Å². The summed E-state index contributed by atoms with van der Waals surface area (Å²) in [6.45, 7) is 6.21. The average Bonchev–Trinajstić information content (AvgIpc) is 3.03. The van der Waals surface area contributed by atoms with Crippen LogP contribution in [0, 0.1) is 13.8 Å². The van der Waals surface area contributed by atoms with Crippen LogP contribution in [-0.4, -0.2) is 59.5 Å². The van der Waals surface area contributed by atoms with E-state index >= 15 is 0 Å². The molecule has 6 rings (SSSR count). The Morgan fingerprint density at radius 3 is 1.95 bits per heavy atom. The number of benzene rings is 4. The van der Waals surface area contributed by atoms with Crippen LogP contribution in [0.25, 0.3) is 33.5 Å². The number of carbonyl (C=O) groups excluding carboxylic acids is 2. The van der Waals surface area contributed by atoms with E-state index < -0.39 is 5.97 Å². The predicted octanol–water partition coefficient (Wildman–Crippen LogP) is 6.74. The molecule has 0 radical (unpaired) electrons. The number of anilines is 1. The van der Waals surface area contributed by atoms with E-state index in [9.17, 15) is 9.59 Å². The second-order valence-electron chi connectivity index (χ2n) is 10.8. The lowest BCUT2D eigenvalue weighted by atomic mass is 10.0. The number of hydrogen-bond acceptors (Lipinski definition) is 6. The number of esters is 1. The van der Waals surface area contributed by atoms with Crippen LogP contribution in [0.15, 0.2) is 91.0 Å². The lowest BCUT2D eigenvalue weighted by Crippen LogP contribution is -2.49. The van der Waals surface area contributed by atoms with Gasteiger partial charge in [0.1, 0.15) is 0 Å². The molecule has 2 heterocycles. The van der Waals surface area contributed by atoms with Crippen LogP contribution in [-0.2, 0) is 9.53 Å². The highest BCUT2D eigenvalue weighted by atomic mass is 35.5. The van der Waals surface area contributed by atoms with Crippen LogP contribution >= 0.6 is 11.6 Å². The van der Waals surface area contributed by atoms with Gasteiger partial charge in [-0.05, 0) is 50.2 Å². The third-order valence-corrected chi connectivity index (χ3v) is 7.92. The second-order valence-corrected chi connectivity index (χ2v) is 11.2. The van der Waals surface area contributed by atoms with Crippen molar-refractivity contribution in [3.8, 4) is 22.5 Å². The molecule has 0 bridgehead atoms. The Labute approximate surface area is 255 Å². The van der Waals surface area contributed by atoms with Crippen molar-refractivity contribution in [2.45, 2.75) is 13.8 Å². The smallest absolute Gasteiger partial charge is 0.338 e. The number of ether oxygens (including phenoxy) is 1. The number of amides is 1. The van der Waals surface area contributed by atoms with Gasteiger partial charge in [-0.1, -0.05) is 77.3 Å². The Bertz CT molecular complexity index is 1800. The highest BCUT2D eigenvalue weighted by molar-refractivity contribution is 6.30. The maximum absolute atomic E-state index is 13.0. The molecule has 216 valence electrons. The maximum atomic E-state index is 13.0. The Balaban J connectivity index is 1.17. The second kappa shape index (κ2) is 12.2. The van der Waals surface area contributed by atoms with Crippen molar-refractivity contribution in [2.24, 2.45) is 0 Å². The van der Waals surface area contributed by atoms with Crippen LogP contribution in [0.2, 0.25) is 5.02 Å². The first-order valence-corrected chi connectivity index (χ1v) is 14.6. The Morgan fingerprint density at radius 1 is 0.744 bits per heavy atom. The third kappa shape index (κ3) is 6.37. The third-order valence-electron chi connectivity index (χ3n) is 7.68. The normalized spacial score (nSPS) is 13.3. The largest absolute Gasteiger partial charge is 0.452 e. The molecule has 0 unspecified atom stereocenters. The van der Waals surface area contributed by atoms with Crippen molar-refractivity contribution in [3.05, 3.63) is 113 Å². The van der Waals surface area contributed by atoms with Crippen molar-refractivity contribution in [1.82, 2.24) is 14.9 Å². The lowest BCUT2D eigenvalue weighted by Gasteiger charge is -2.36. The van der Waals surface area contributed by atoms with E-state index in [4.69, 9.17) is 26.3 Å². The van der Waals surface area contributed by atoms with Crippen molar-refractivity contribution in [1.29, 1.82) is 0 Å². The number of piperazine rings is 1. The fourth-order valence-corrected chi connectivity index (χ4v) is 5.38. The molecular weight excluding hydrogens is 560 g/mol. The SMILES string of the molecule is Cc1ccc(-c2nc3ccc(C(=O)OCC(=O)N4CCN(c5cccc(Cl)c5)CC4)cc3nc2-c2ccc(C)cc2)cc1. The van der Waals surface area contributed by atoms with Gasteiger partial charge in [-0.25, -0.2) is 14.8 Å². The average molecular weight is 591 g/mol. The van der Waals surface area contributed by atoms with Gasteiger partial charge in [0.05, 0.1) is 28.0 Å². The van der Waals surface area contributed by atoms with Gasteiger partial charge in [0, 0.05) is 48.0 Å².